The molecule has 280 valence electrons. The summed E-state index contributed by atoms with van der Waals surface area (Å²) in [5, 5.41) is 4.44. The van der Waals surface area contributed by atoms with Crippen LogP contribution in [0.4, 0.5) is 0 Å². The van der Waals surface area contributed by atoms with Crippen molar-refractivity contribution in [1.29, 1.82) is 0 Å². The predicted molar refractivity (Wildman–Crippen MR) is 239 cm³/mol. The fourth-order valence-electron chi connectivity index (χ4n) is 8.84. The molecule has 0 aliphatic rings. The Morgan fingerprint density at radius 2 is 1.19 bits per heavy atom. The van der Waals surface area contributed by atoms with Crippen LogP contribution in [-0.2, 0) is 5.54 Å². The third-order valence-corrected chi connectivity index (χ3v) is 11.5. The quantitative estimate of drug-likeness (QED) is 0.170. The largest absolute Gasteiger partial charge is 0.455 e. The molecule has 7 aromatic carbocycles. The van der Waals surface area contributed by atoms with E-state index in [0.717, 1.165) is 77.6 Å². The van der Waals surface area contributed by atoms with Crippen molar-refractivity contribution in [1.82, 2.24) is 19.1 Å². The van der Waals surface area contributed by atoms with E-state index in [1.54, 1.807) is 0 Å². The van der Waals surface area contributed by atoms with Gasteiger partial charge in [0.2, 0.25) is 0 Å². The van der Waals surface area contributed by atoms with E-state index in [9.17, 15) is 0 Å². The second-order valence-corrected chi connectivity index (χ2v) is 17.0. The maximum Gasteiger partial charge on any atom is 0.149 e. The summed E-state index contributed by atoms with van der Waals surface area (Å²) < 4.78 is 11.8. The van der Waals surface area contributed by atoms with Gasteiger partial charge in [0.1, 0.15) is 22.8 Å². The van der Waals surface area contributed by atoms with Crippen molar-refractivity contribution in [3.8, 4) is 39.6 Å². The van der Waals surface area contributed by atoms with Crippen molar-refractivity contribution >= 4 is 54.8 Å². The summed E-state index contributed by atoms with van der Waals surface area (Å²) in [4.78, 5) is 10.6. The average molecular weight is 743 g/mol. The lowest BCUT2D eigenvalue weighted by Crippen LogP contribution is -2.22. The maximum absolute atomic E-state index is 7.05. The Kier molecular flexibility index (Phi) is 8.02. The summed E-state index contributed by atoms with van der Waals surface area (Å²) in [6.07, 6.45) is 0. The van der Waals surface area contributed by atoms with Gasteiger partial charge in [0.05, 0.1) is 33.3 Å². The monoisotopic (exact) mass is 742 g/mol. The van der Waals surface area contributed by atoms with Gasteiger partial charge < -0.3 is 8.98 Å². The van der Waals surface area contributed by atoms with Crippen LogP contribution in [-0.4, -0.2) is 19.1 Å². The standard InChI is InChI=1S/C52H46N4O/c1-31(2)39-28-36(33-17-10-8-11-18-33)29-40(32(3)4)47(39)55-45-24-15-14-23-43(45)53-51(55)38-22-16-21-37-42-27-35-25-26-44-48(41(35)30-46(42)57-49(37)38)56(52(5,6)7)50(54-44)34-19-12-9-13-20-34/h8-32H,1-7H3. The van der Waals surface area contributed by atoms with Crippen molar-refractivity contribution in [2.45, 2.75) is 65.8 Å². The molecule has 10 rings (SSSR count). The Hall–Kier alpha value is -6.46. The highest BCUT2D eigenvalue weighted by Gasteiger charge is 2.27. The van der Waals surface area contributed by atoms with E-state index < -0.39 is 0 Å². The number of imidazole rings is 2. The van der Waals surface area contributed by atoms with Gasteiger partial charge in [-0.25, -0.2) is 9.97 Å². The van der Waals surface area contributed by atoms with Crippen LogP contribution in [0.3, 0.4) is 0 Å². The Morgan fingerprint density at radius 3 is 1.88 bits per heavy atom. The summed E-state index contributed by atoms with van der Waals surface area (Å²) >= 11 is 0. The number of benzene rings is 7. The molecule has 3 aromatic heterocycles. The van der Waals surface area contributed by atoms with Gasteiger partial charge in [-0.2, -0.15) is 0 Å². The molecule has 0 atom stereocenters. The molecule has 0 aliphatic carbocycles. The number of fused-ring (bicyclic) bond motifs is 7. The summed E-state index contributed by atoms with van der Waals surface area (Å²) in [6, 6.07) is 49.9. The van der Waals surface area contributed by atoms with Gasteiger partial charge in [0.25, 0.3) is 0 Å². The van der Waals surface area contributed by atoms with Gasteiger partial charge in [-0.15, -0.1) is 0 Å². The molecule has 57 heavy (non-hydrogen) atoms. The summed E-state index contributed by atoms with van der Waals surface area (Å²) in [5.41, 5.74) is 13.9. The number of nitrogens with zero attached hydrogens (tertiary/aromatic N) is 4. The number of hydrogen-bond acceptors (Lipinski definition) is 3. The van der Waals surface area contributed by atoms with E-state index in [-0.39, 0.29) is 17.4 Å². The van der Waals surface area contributed by atoms with Gasteiger partial charge >= 0.3 is 0 Å². The minimum atomic E-state index is -0.216. The van der Waals surface area contributed by atoms with Crippen molar-refractivity contribution in [2.24, 2.45) is 0 Å². The van der Waals surface area contributed by atoms with Gasteiger partial charge in [-0.1, -0.05) is 119 Å². The van der Waals surface area contributed by atoms with E-state index in [0.29, 0.717) is 0 Å². The number of furan rings is 1. The van der Waals surface area contributed by atoms with Crippen molar-refractivity contribution in [2.75, 3.05) is 0 Å². The fourth-order valence-corrected chi connectivity index (χ4v) is 8.84. The molecule has 0 saturated heterocycles. The van der Waals surface area contributed by atoms with Crippen LogP contribution in [0.15, 0.2) is 144 Å². The lowest BCUT2D eigenvalue weighted by molar-refractivity contribution is 0.413. The van der Waals surface area contributed by atoms with Crippen LogP contribution in [0.2, 0.25) is 0 Å². The minimum absolute atomic E-state index is 0.216. The highest BCUT2D eigenvalue weighted by Crippen LogP contribution is 2.44. The third kappa shape index (κ3) is 5.59. The lowest BCUT2D eigenvalue weighted by Gasteiger charge is -2.25. The molecule has 0 saturated carbocycles. The van der Waals surface area contributed by atoms with Crippen molar-refractivity contribution < 1.29 is 4.42 Å². The van der Waals surface area contributed by atoms with E-state index in [1.165, 1.54) is 27.9 Å². The zero-order valence-corrected chi connectivity index (χ0v) is 33.6. The van der Waals surface area contributed by atoms with E-state index >= 15 is 0 Å². The van der Waals surface area contributed by atoms with Crippen LogP contribution in [0.5, 0.6) is 0 Å². The second-order valence-electron chi connectivity index (χ2n) is 17.0. The first-order valence-electron chi connectivity index (χ1n) is 20.1. The molecule has 0 radical (unpaired) electrons. The Bertz CT molecular complexity index is 3130. The fraction of sp³-hybridized carbons (Fsp3) is 0.192. The molecule has 0 N–H and O–H groups in total. The molecule has 0 fully saturated rings. The van der Waals surface area contributed by atoms with Crippen LogP contribution in [0, 0.1) is 0 Å². The molecule has 0 spiro atoms. The maximum atomic E-state index is 7.05. The van der Waals surface area contributed by atoms with E-state index in [4.69, 9.17) is 14.4 Å². The molecule has 0 amide bonds. The van der Waals surface area contributed by atoms with Gasteiger partial charge in [0.15, 0.2) is 0 Å². The first-order valence-corrected chi connectivity index (χ1v) is 20.1. The summed E-state index contributed by atoms with van der Waals surface area (Å²) in [7, 11) is 0. The number of para-hydroxylation sites is 3. The molecule has 0 aliphatic heterocycles. The van der Waals surface area contributed by atoms with Crippen LogP contribution in [0.25, 0.3) is 94.4 Å². The lowest BCUT2D eigenvalue weighted by atomic mass is 9.88. The van der Waals surface area contributed by atoms with Crippen molar-refractivity contribution in [3.63, 3.8) is 0 Å². The molecule has 0 unspecified atom stereocenters. The zero-order valence-electron chi connectivity index (χ0n) is 33.6. The summed E-state index contributed by atoms with van der Waals surface area (Å²) in [5.74, 6) is 2.38. The second kappa shape index (κ2) is 13.1. The van der Waals surface area contributed by atoms with E-state index in [1.807, 2.05) is 0 Å². The average Bonchev–Trinajstić information content (AvgIpc) is 3.92. The molecule has 0 bridgehead atoms. The highest BCUT2D eigenvalue weighted by molar-refractivity contribution is 6.17. The van der Waals surface area contributed by atoms with Gasteiger partial charge in [-0.05, 0) is 109 Å². The van der Waals surface area contributed by atoms with Crippen LogP contribution >= 0.6 is 0 Å². The highest BCUT2D eigenvalue weighted by atomic mass is 16.3. The number of rotatable bonds is 6. The van der Waals surface area contributed by atoms with Crippen molar-refractivity contribution in [3.05, 3.63) is 151 Å². The smallest absolute Gasteiger partial charge is 0.149 e. The van der Waals surface area contributed by atoms with Crippen LogP contribution < -0.4 is 0 Å². The minimum Gasteiger partial charge on any atom is -0.455 e. The van der Waals surface area contributed by atoms with Gasteiger partial charge in [0, 0.05) is 27.3 Å². The molecule has 10 aromatic rings. The Morgan fingerprint density at radius 1 is 0.544 bits per heavy atom. The molecular formula is C52H46N4O. The third-order valence-electron chi connectivity index (χ3n) is 11.5. The topological polar surface area (TPSA) is 48.8 Å². The Balaban J connectivity index is 1.25. The normalized spacial score (nSPS) is 12.4. The zero-order chi connectivity index (χ0) is 39.2. The SMILES string of the molecule is CC(C)c1cc(-c2ccccc2)cc(C(C)C)c1-n1c(-c2cccc3c2oc2cc4c(ccc5nc(-c6ccccc6)n(C(C)(C)C)c54)cc23)nc2ccccc21. The first kappa shape index (κ1) is 35.0. The van der Waals surface area contributed by atoms with Crippen LogP contribution in [0.1, 0.15) is 71.4 Å². The summed E-state index contributed by atoms with van der Waals surface area (Å²) in [6.45, 7) is 15.9. The predicted octanol–water partition coefficient (Wildman–Crippen LogP) is 14.4. The molecular weight excluding hydrogens is 697 g/mol. The first-order chi connectivity index (χ1) is 27.6. The van der Waals surface area contributed by atoms with E-state index in [2.05, 4.69) is 197 Å². The molecule has 3 heterocycles. The van der Waals surface area contributed by atoms with Gasteiger partial charge in [-0.3, -0.25) is 4.57 Å². The molecule has 5 heteroatoms. The number of aromatic nitrogens is 4. The Labute approximate surface area is 333 Å². The molecule has 5 nitrogen and oxygen atoms in total. The number of hydrogen-bond donors (Lipinski definition) is 0.